The monoisotopic (exact) mass is 119 g/mol. The maximum atomic E-state index is 9.96. The van der Waals surface area contributed by atoms with Crippen LogP contribution in [0.5, 0.6) is 0 Å². The topological polar surface area (TPSA) is 69.4 Å². The Hall–Kier alpha value is -1.13. The highest BCUT2D eigenvalue weighted by molar-refractivity contribution is 5.67. The standard InChI is InChI=1S/C3H5NO4/c1-2-3(5)8-4(6)7/h2H2,1H3. The van der Waals surface area contributed by atoms with Crippen LogP contribution < -0.4 is 0 Å². The Balaban J connectivity index is 3.40. The minimum atomic E-state index is -1.12. The SMILES string of the molecule is CCC(=O)O[N+](=O)[O-]. The molecule has 0 fully saturated rings. The summed E-state index contributed by atoms with van der Waals surface area (Å²) >= 11 is 0. The van der Waals surface area contributed by atoms with Gasteiger partial charge in [0.05, 0.1) is 0 Å². The van der Waals surface area contributed by atoms with Crippen LogP contribution in [0, 0.1) is 10.1 Å². The molecule has 0 aliphatic carbocycles. The molecule has 0 amide bonds. The zero-order valence-corrected chi connectivity index (χ0v) is 4.29. The maximum Gasteiger partial charge on any atom is 0.303 e. The van der Waals surface area contributed by atoms with Gasteiger partial charge in [-0.1, -0.05) is 6.92 Å². The van der Waals surface area contributed by atoms with E-state index in [0.717, 1.165) is 0 Å². The van der Waals surface area contributed by atoms with E-state index in [2.05, 4.69) is 4.84 Å². The molecule has 0 saturated carbocycles. The number of carbonyl (C=O) groups is 1. The molecule has 5 heteroatoms. The van der Waals surface area contributed by atoms with Crippen LogP contribution in [0.1, 0.15) is 13.3 Å². The van der Waals surface area contributed by atoms with E-state index in [4.69, 9.17) is 0 Å². The van der Waals surface area contributed by atoms with E-state index in [-0.39, 0.29) is 6.42 Å². The molecule has 0 spiro atoms. The number of hydrogen-bond donors (Lipinski definition) is 0. The molecule has 0 atom stereocenters. The van der Waals surface area contributed by atoms with Gasteiger partial charge in [0.25, 0.3) is 0 Å². The smallest absolute Gasteiger partial charge is 0.268 e. The highest BCUT2D eigenvalue weighted by atomic mass is 17.0. The van der Waals surface area contributed by atoms with Crippen molar-refractivity contribution in [1.29, 1.82) is 0 Å². The van der Waals surface area contributed by atoms with Gasteiger partial charge in [-0.25, -0.2) is 4.84 Å². The summed E-state index contributed by atoms with van der Waals surface area (Å²) in [6.07, 6.45) is 0.0288. The average Bonchev–Trinajstić information content (AvgIpc) is 1.65. The molecule has 0 N–H and O–H groups in total. The minimum absolute atomic E-state index is 0.0288. The summed E-state index contributed by atoms with van der Waals surface area (Å²) < 4.78 is 0. The summed E-state index contributed by atoms with van der Waals surface area (Å²) in [5.41, 5.74) is 0. The summed E-state index contributed by atoms with van der Waals surface area (Å²) in [6.45, 7) is 1.48. The molecule has 0 aromatic heterocycles. The largest absolute Gasteiger partial charge is 0.303 e. The molecule has 0 aromatic rings. The third-order valence-corrected chi connectivity index (χ3v) is 0.465. The van der Waals surface area contributed by atoms with Crippen molar-refractivity contribution in [1.82, 2.24) is 0 Å². The van der Waals surface area contributed by atoms with Gasteiger partial charge in [0.2, 0.25) is 0 Å². The van der Waals surface area contributed by atoms with Crippen LogP contribution in [0.3, 0.4) is 0 Å². The number of nitrogens with zero attached hydrogens (tertiary/aromatic N) is 1. The van der Waals surface area contributed by atoms with E-state index < -0.39 is 11.1 Å². The van der Waals surface area contributed by atoms with Gasteiger partial charge in [-0.15, -0.1) is 10.1 Å². The Morgan fingerprint density at radius 2 is 2.38 bits per heavy atom. The highest BCUT2D eigenvalue weighted by Gasteiger charge is 2.01. The lowest BCUT2D eigenvalue weighted by Crippen LogP contribution is -2.07. The van der Waals surface area contributed by atoms with Crippen LogP contribution in [0.15, 0.2) is 0 Å². The molecule has 0 aliphatic rings. The predicted molar refractivity (Wildman–Crippen MR) is 23.4 cm³/mol. The van der Waals surface area contributed by atoms with Gasteiger partial charge in [0, 0.05) is 6.42 Å². The van der Waals surface area contributed by atoms with Crippen LogP contribution >= 0.6 is 0 Å². The Labute approximate surface area is 45.4 Å². The Bertz CT molecular complexity index is 110. The molecule has 5 nitrogen and oxygen atoms in total. The molecule has 0 heterocycles. The van der Waals surface area contributed by atoms with Crippen molar-refractivity contribution >= 4 is 5.97 Å². The van der Waals surface area contributed by atoms with Crippen LogP contribution in [-0.4, -0.2) is 11.1 Å². The van der Waals surface area contributed by atoms with Crippen molar-refractivity contribution < 1.29 is 14.7 Å². The zero-order valence-electron chi connectivity index (χ0n) is 4.29. The highest BCUT2D eigenvalue weighted by Crippen LogP contribution is 1.81. The van der Waals surface area contributed by atoms with Crippen molar-refractivity contribution in [3.63, 3.8) is 0 Å². The molecule has 0 rings (SSSR count). The van der Waals surface area contributed by atoms with Crippen molar-refractivity contribution in [2.75, 3.05) is 0 Å². The van der Waals surface area contributed by atoms with Crippen LogP contribution in [0.4, 0.5) is 0 Å². The maximum absolute atomic E-state index is 9.96. The third kappa shape index (κ3) is 3.08. The minimum Gasteiger partial charge on any atom is -0.268 e. The van der Waals surface area contributed by atoms with Crippen LogP contribution in [0.25, 0.3) is 0 Å². The molecule has 0 aromatic carbocycles. The van der Waals surface area contributed by atoms with Crippen molar-refractivity contribution in [2.45, 2.75) is 13.3 Å². The summed E-state index contributed by atoms with van der Waals surface area (Å²) in [4.78, 5) is 22.8. The van der Waals surface area contributed by atoms with Crippen molar-refractivity contribution in [3.8, 4) is 0 Å². The first-order chi connectivity index (χ1) is 3.66. The second-order valence-electron chi connectivity index (χ2n) is 1.04. The lowest BCUT2D eigenvalue weighted by atomic mass is 10.5. The summed E-state index contributed by atoms with van der Waals surface area (Å²) in [5, 5.41) is 8.21. The quantitative estimate of drug-likeness (QED) is 0.382. The fourth-order valence-corrected chi connectivity index (χ4v) is 0.148. The summed E-state index contributed by atoms with van der Waals surface area (Å²) in [5.74, 6) is -0.824. The number of rotatable bonds is 2. The molecule has 0 radical (unpaired) electrons. The predicted octanol–water partition coefficient (Wildman–Crippen LogP) is 0.131. The van der Waals surface area contributed by atoms with E-state index in [1.54, 1.807) is 0 Å². The van der Waals surface area contributed by atoms with Gasteiger partial charge in [-0.05, 0) is 0 Å². The Morgan fingerprint density at radius 1 is 1.88 bits per heavy atom. The first kappa shape index (κ1) is 6.87. The van der Waals surface area contributed by atoms with Crippen molar-refractivity contribution in [2.24, 2.45) is 0 Å². The molecule has 0 bridgehead atoms. The van der Waals surface area contributed by atoms with Gasteiger partial charge in [-0.2, -0.15) is 0 Å². The zero-order chi connectivity index (χ0) is 6.57. The first-order valence-corrected chi connectivity index (χ1v) is 2.02. The molecule has 46 valence electrons. The van der Waals surface area contributed by atoms with Gasteiger partial charge in [0.15, 0.2) is 0 Å². The lowest BCUT2D eigenvalue weighted by Gasteiger charge is -1.87. The van der Waals surface area contributed by atoms with E-state index >= 15 is 0 Å². The molecule has 0 saturated heterocycles. The summed E-state index contributed by atoms with van der Waals surface area (Å²) in [6, 6.07) is 0. The number of carbonyl (C=O) groups excluding carboxylic acids is 1. The molecule has 0 aliphatic heterocycles. The Morgan fingerprint density at radius 3 is 2.50 bits per heavy atom. The Kier molecular flexibility index (Phi) is 2.53. The van der Waals surface area contributed by atoms with Gasteiger partial charge in [-0.3, -0.25) is 4.79 Å². The van der Waals surface area contributed by atoms with Gasteiger partial charge < -0.3 is 0 Å². The van der Waals surface area contributed by atoms with Gasteiger partial charge >= 0.3 is 11.1 Å². The third-order valence-electron chi connectivity index (χ3n) is 0.465. The number of hydrogen-bond acceptors (Lipinski definition) is 4. The van der Waals surface area contributed by atoms with Crippen molar-refractivity contribution in [3.05, 3.63) is 10.1 Å². The lowest BCUT2D eigenvalue weighted by molar-refractivity contribution is -0.729. The fourth-order valence-electron chi connectivity index (χ4n) is 0.148. The van der Waals surface area contributed by atoms with E-state index in [9.17, 15) is 14.9 Å². The van der Waals surface area contributed by atoms with Crippen LogP contribution in [-0.2, 0) is 9.63 Å². The second-order valence-corrected chi connectivity index (χ2v) is 1.04. The fraction of sp³-hybridized carbons (Fsp3) is 0.667. The first-order valence-electron chi connectivity index (χ1n) is 2.02. The van der Waals surface area contributed by atoms with E-state index in [0.29, 0.717) is 0 Å². The average molecular weight is 119 g/mol. The molecule has 8 heavy (non-hydrogen) atoms. The van der Waals surface area contributed by atoms with Gasteiger partial charge in [0.1, 0.15) is 0 Å². The van der Waals surface area contributed by atoms with E-state index in [1.807, 2.05) is 0 Å². The van der Waals surface area contributed by atoms with Crippen LogP contribution in [0.2, 0.25) is 0 Å². The summed E-state index contributed by atoms with van der Waals surface area (Å²) in [7, 11) is 0. The van der Waals surface area contributed by atoms with E-state index in [1.165, 1.54) is 6.92 Å². The normalized spacial score (nSPS) is 8.12. The second kappa shape index (κ2) is 2.95. The molecular weight excluding hydrogens is 114 g/mol. The molecule has 0 unspecified atom stereocenters. The molecular formula is C3H5NO4.